The van der Waals surface area contributed by atoms with Crippen molar-refractivity contribution in [3.05, 3.63) is 34.0 Å². The van der Waals surface area contributed by atoms with Crippen molar-refractivity contribution in [2.45, 2.75) is 6.42 Å². The Labute approximate surface area is 97.5 Å². The van der Waals surface area contributed by atoms with Crippen LogP contribution in [-0.4, -0.2) is 23.6 Å². The number of H-pyrrole nitrogens is 1. The number of non-ortho nitro benzene ring substituents is 1. The van der Waals surface area contributed by atoms with E-state index < -0.39 is 4.92 Å². The van der Waals surface area contributed by atoms with Gasteiger partial charge in [-0.15, -0.1) is 0 Å². The lowest BCUT2D eigenvalue weighted by Gasteiger charge is -2.02. The van der Waals surface area contributed by atoms with Crippen molar-refractivity contribution in [3.63, 3.8) is 0 Å². The first-order chi connectivity index (χ1) is 8.17. The third-order valence-electron chi connectivity index (χ3n) is 2.70. The molecule has 6 heteroatoms. The first kappa shape index (κ1) is 11.4. The van der Waals surface area contributed by atoms with Crippen molar-refractivity contribution in [3.8, 4) is 5.75 Å². The summed E-state index contributed by atoms with van der Waals surface area (Å²) in [6.45, 7) is 0.748. The molecule has 0 amide bonds. The molecule has 0 aliphatic heterocycles. The molecule has 0 radical (unpaired) electrons. The molecular formula is C11H14N3O3+. The normalized spacial score (nSPS) is 10.7. The largest absolute Gasteiger partial charge is 0.494 e. The summed E-state index contributed by atoms with van der Waals surface area (Å²) in [5.74, 6) is 0.490. The van der Waals surface area contributed by atoms with Crippen LogP contribution in [0, 0.1) is 10.1 Å². The van der Waals surface area contributed by atoms with E-state index in [1.54, 1.807) is 6.07 Å². The van der Waals surface area contributed by atoms with Gasteiger partial charge in [-0.25, -0.2) is 0 Å². The van der Waals surface area contributed by atoms with Crippen LogP contribution in [0.1, 0.15) is 5.56 Å². The molecule has 2 aromatic rings. The minimum absolute atomic E-state index is 0.0410. The van der Waals surface area contributed by atoms with Crippen LogP contribution in [0.5, 0.6) is 5.75 Å². The Morgan fingerprint density at radius 1 is 1.53 bits per heavy atom. The quantitative estimate of drug-likeness (QED) is 0.609. The van der Waals surface area contributed by atoms with Crippen LogP contribution in [0.15, 0.2) is 18.3 Å². The molecule has 6 nitrogen and oxygen atoms in total. The maximum absolute atomic E-state index is 10.8. The number of nitrogens with one attached hydrogen (secondary N) is 1. The maximum atomic E-state index is 10.8. The fraction of sp³-hybridized carbons (Fsp3) is 0.273. The summed E-state index contributed by atoms with van der Waals surface area (Å²) in [4.78, 5) is 13.5. The zero-order valence-electron chi connectivity index (χ0n) is 9.53. The lowest BCUT2D eigenvalue weighted by atomic mass is 10.1. The van der Waals surface area contributed by atoms with Crippen molar-refractivity contribution < 1.29 is 15.4 Å². The van der Waals surface area contributed by atoms with Crippen LogP contribution in [0.4, 0.5) is 5.69 Å². The molecule has 17 heavy (non-hydrogen) atoms. The Balaban J connectivity index is 2.67. The number of quaternary nitrogens is 1. The van der Waals surface area contributed by atoms with Crippen LogP contribution in [0.2, 0.25) is 0 Å². The van der Waals surface area contributed by atoms with Gasteiger partial charge in [-0.05, 0) is 5.56 Å². The first-order valence-electron chi connectivity index (χ1n) is 5.29. The standard InChI is InChI=1S/C11H13N3O3/c1-17-10-5-8(14(15)16)4-9-7(2-3-12)6-13-11(9)10/h4-6,13H,2-3,12H2,1H3/p+1. The van der Waals surface area contributed by atoms with Crippen LogP contribution >= 0.6 is 0 Å². The van der Waals surface area contributed by atoms with Gasteiger partial charge in [-0.2, -0.15) is 0 Å². The minimum atomic E-state index is -0.414. The van der Waals surface area contributed by atoms with Crippen molar-refractivity contribution in [2.24, 2.45) is 0 Å². The number of nitro groups is 1. The second-order valence-corrected chi connectivity index (χ2v) is 3.75. The second kappa shape index (κ2) is 4.42. The van der Waals surface area contributed by atoms with Gasteiger partial charge in [0.05, 0.1) is 30.2 Å². The van der Waals surface area contributed by atoms with Crippen LogP contribution in [0.3, 0.4) is 0 Å². The smallest absolute Gasteiger partial charge is 0.273 e. The van der Waals surface area contributed by atoms with E-state index in [9.17, 15) is 10.1 Å². The summed E-state index contributed by atoms with van der Waals surface area (Å²) >= 11 is 0. The van der Waals surface area contributed by atoms with E-state index in [0.29, 0.717) is 5.75 Å². The molecule has 0 saturated carbocycles. The lowest BCUT2D eigenvalue weighted by Crippen LogP contribution is -2.51. The summed E-state index contributed by atoms with van der Waals surface area (Å²) in [5.41, 5.74) is 5.65. The highest BCUT2D eigenvalue weighted by molar-refractivity contribution is 5.90. The molecule has 2 rings (SSSR count). The Morgan fingerprint density at radius 2 is 2.29 bits per heavy atom. The Hall–Kier alpha value is -2.08. The topological polar surface area (TPSA) is 95.8 Å². The monoisotopic (exact) mass is 236 g/mol. The minimum Gasteiger partial charge on any atom is -0.494 e. The van der Waals surface area contributed by atoms with Gasteiger partial charge in [0.15, 0.2) is 0 Å². The molecule has 0 bridgehead atoms. The molecule has 1 aromatic carbocycles. The molecule has 0 aliphatic rings. The summed E-state index contributed by atoms with van der Waals surface area (Å²) in [6.07, 6.45) is 2.63. The number of rotatable bonds is 4. The van der Waals surface area contributed by atoms with E-state index in [1.165, 1.54) is 13.2 Å². The van der Waals surface area contributed by atoms with Gasteiger partial charge >= 0.3 is 0 Å². The highest BCUT2D eigenvalue weighted by Crippen LogP contribution is 2.32. The van der Waals surface area contributed by atoms with Gasteiger partial charge in [-0.1, -0.05) is 0 Å². The fourth-order valence-corrected chi connectivity index (χ4v) is 1.90. The molecule has 0 atom stereocenters. The third kappa shape index (κ3) is 1.94. The van der Waals surface area contributed by atoms with Crippen LogP contribution in [0.25, 0.3) is 10.9 Å². The molecule has 1 aromatic heterocycles. The molecule has 0 spiro atoms. The van der Waals surface area contributed by atoms with Gasteiger partial charge < -0.3 is 15.5 Å². The zero-order chi connectivity index (χ0) is 12.4. The average molecular weight is 236 g/mol. The van der Waals surface area contributed by atoms with Gasteiger partial charge in [0, 0.05) is 24.1 Å². The number of fused-ring (bicyclic) bond motifs is 1. The third-order valence-corrected chi connectivity index (χ3v) is 2.70. The Morgan fingerprint density at radius 3 is 2.88 bits per heavy atom. The average Bonchev–Trinajstić information content (AvgIpc) is 2.72. The number of hydrogen-bond donors (Lipinski definition) is 2. The molecule has 0 fully saturated rings. The number of nitrogens with zero attached hydrogens (tertiary/aromatic N) is 1. The number of aromatic amines is 1. The molecule has 90 valence electrons. The maximum Gasteiger partial charge on any atom is 0.273 e. The summed E-state index contributed by atoms with van der Waals surface area (Å²) < 4.78 is 5.16. The van der Waals surface area contributed by atoms with Crippen molar-refractivity contribution in [1.82, 2.24) is 4.98 Å². The molecule has 0 unspecified atom stereocenters. The number of methoxy groups -OCH3 is 1. The zero-order valence-corrected chi connectivity index (χ0v) is 9.53. The van der Waals surface area contributed by atoms with E-state index >= 15 is 0 Å². The number of ether oxygens (including phenoxy) is 1. The number of nitro benzene ring substituents is 1. The summed E-state index contributed by atoms with van der Waals surface area (Å²) in [7, 11) is 1.50. The van der Waals surface area contributed by atoms with Crippen molar-refractivity contribution in [2.75, 3.05) is 13.7 Å². The van der Waals surface area contributed by atoms with Gasteiger partial charge in [0.2, 0.25) is 0 Å². The van der Waals surface area contributed by atoms with E-state index in [1.807, 2.05) is 6.20 Å². The van der Waals surface area contributed by atoms with E-state index in [-0.39, 0.29) is 5.69 Å². The van der Waals surface area contributed by atoms with E-state index in [2.05, 4.69) is 10.7 Å². The first-order valence-corrected chi connectivity index (χ1v) is 5.29. The highest BCUT2D eigenvalue weighted by Gasteiger charge is 2.15. The second-order valence-electron chi connectivity index (χ2n) is 3.75. The highest BCUT2D eigenvalue weighted by atomic mass is 16.6. The van der Waals surface area contributed by atoms with E-state index in [4.69, 9.17) is 4.74 Å². The van der Waals surface area contributed by atoms with Gasteiger partial charge in [0.25, 0.3) is 5.69 Å². The van der Waals surface area contributed by atoms with Crippen molar-refractivity contribution >= 4 is 16.6 Å². The van der Waals surface area contributed by atoms with Crippen LogP contribution < -0.4 is 10.5 Å². The number of hydrogen-bond acceptors (Lipinski definition) is 3. The molecule has 0 aliphatic carbocycles. The summed E-state index contributed by atoms with van der Waals surface area (Å²) in [5, 5.41) is 11.7. The Bertz CT molecular complexity index is 562. The number of benzene rings is 1. The predicted molar refractivity (Wildman–Crippen MR) is 63.0 cm³/mol. The lowest BCUT2D eigenvalue weighted by molar-refractivity contribution is -0.384. The number of aromatic nitrogens is 1. The van der Waals surface area contributed by atoms with Crippen molar-refractivity contribution in [1.29, 1.82) is 0 Å². The molecule has 0 saturated heterocycles. The van der Waals surface area contributed by atoms with Gasteiger partial charge in [0.1, 0.15) is 5.75 Å². The fourth-order valence-electron chi connectivity index (χ4n) is 1.90. The Kier molecular flexibility index (Phi) is 2.97. The van der Waals surface area contributed by atoms with E-state index in [0.717, 1.165) is 29.4 Å². The SMILES string of the molecule is COc1cc([N+](=O)[O-])cc2c(CC[NH3+])c[nH]c12. The molecule has 1 heterocycles. The molecule has 4 N–H and O–H groups in total. The predicted octanol–water partition coefficient (Wildman–Crippen LogP) is 0.869. The van der Waals surface area contributed by atoms with Crippen LogP contribution in [-0.2, 0) is 6.42 Å². The molecular weight excluding hydrogens is 222 g/mol. The van der Waals surface area contributed by atoms with Gasteiger partial charge in [-0.3, -0.25) is 10.1 Å². The summed E-state index contributed by atoms with van der Waals surface area (Å²) in [6, 6.07) is 2.99.